The maximum atomic E-state index is 12.5. The van der Waals surface area contributed by atoms with Crippen molar-refractivity contribution in [2.24, 2.45) is 0 Å². The number of likely N-dealkylation sites (tertiary alicyclic amines) is 1. The van der Waals surface area contributed by atoms with Gasteiger partial charge in [-0.3, -0.25) is 19.8 Å². The highest BCUT2D eigenvalue weighted by Gasteiger charge is 2.38. The summed E-state index contributed by atoms with van der Waals surface area (Å²) in [6.07, 6.45) is 9.84. The third kappa shape index (κ3) is 4.41. The smallest absolute Gasteiger partial charge is 0.273 e. The van der Waals surface area contributed by atoms with Crippen LogP contribution in [-0.2, 0) is 11.2 Å². The van der Waals surface area contributed by atoms with Crippen LogP contribution in [0.1, 0.15) is 56.9 Å². The third-order valence-electron chi connectivity index (χ3n) is 5.97. The van der Waals surface area contributed by atoms with E-state index in [0.29, 0.717) is 12.1 Å². The summed E-state index contributed by atoms with van der Waals surface area (Å²) < 4.78 is 0. The largest absolute Gasteiger partial charge is 0.354 e. The number of amides is 1. The molecule has 26 heavy (non-hydrogen) atoms. The number of benzene rings is 1. The van der Waals surface area contributed by atoms with Gasteiger partial charge in [0.25, 0.3) is 5.69 Å². The molecule has 6 nitrogen and oxygen atoms in total. The minimum atomic E-state index is -0.418. The zero-order valence-corrected chi connectivity index (χ0v) is 15.4. The number of nitro groups is 1. The number of hydrogen-bond acceptors (Lipinski definition) is 4. The zero-order valence-electron chi connectivity index (χ0n) is 15.4. The fourth-order valence-corrected chi connectivity index (χ4v) is 4.52. The number of para-hydroxylation sites is 1. The van der Waals surface area contributed by atoms with E-state index in [9.17, 15) is 14.9 Å². The van der Waals surface area contributed by atoms with Crippen molar-refractivity contribution >= 4 is 11.6 Å². The van der Waals surface area contributed by atoms with Crippen LogP contribution in [0.5, 0.6) is 0 Å². The van der Waals surface area contributed by atoms with Crippen molar-refractivity contribution in [3.05, 3.63) is 39.9 Å². The molecule has 0 atom stereocenters. The Bertz CT molecular complexity index is 635. The first-order valence-corrected chi connectivity index (χ1v) is 9.85. The minimum Gasteiger partial charge on any atom is -0.354 e. The molecular formula is C20H29N3O3. The predicted molar refractivity (Wildman–Crippen MR) is 101 cm³/mol. The molecule has 0 unspecified atom stereocenters. The number of piperidine rings is 1. The van der Waals surface area contributed by atoms with E-state index in [0.717, 1.165) is 25.9 Å². The molecule has 6 heteroatoms. The van der Waals surface area contributed by atoms with Crippen LogP contribution in [-0.4, -0.2) is 40.9 Å². The van der Waals surface area contributed by atoms with Crippen molar-refractivity contribution in [2.45, 2.75) is 63.3 Å². The summed E-state index contributed by atoms with van der Waals surface area (Å²) in [7, 11) is 0. The molecule has 3 rings (SSSR count). The molecule has 0 aromatic heterocycles. The maximum absolute atomic E-state index is 12.5. The topological polar surface area (TPSA) is 75.5 Å². The first-order chi connectivity index (χ1) is 12.6. The van der Waals surface area contributed by atoms with Gasteiger partial charge in [-0.25, -0.2) is 0 Å². The number of nitro benzene ring substituents is 1. The van der Waals surface area contributed by atoms with Gasteiger partial charge in [-0.2, -0.15) is 0 Å². The Kier molecular flexibility index (Phi) is 6.25. The van der Waals surface area contributed by atoms with Gasteiger partial charge in [0.05, 0.1) is 11.3 Å². The van der Waals surface area contributed by atoms with Crippen molar-refractivity contribution in [1.82, 2.24) is 10.2 Å². The maximum Gasteiger partial charge on any atom is 0.273 e. The minimum absolute atomic E-state index is 0.0195. The molecule has 1 N–H and O–H groups in total. The van der Waals surface area contributed by atoms with Crippen LogP contribution in [0.25, 0.3) is 0 Å². The Hall–Kier alpha value is -1.95. The fraction of sp³-hybridized carbons (Fsp3) is 0.650. The van der Waals surface area contributed by atoms with E-state index < -0.39 is 4.92 Å². The summed E-state index contributed by atoms with van der Waals surface area (Å²) >= 11 is 0. The highest BCUT2D eigenvalue weighted by molar-refractivity contribution is 5.79. The van der Waals surface area contributed by atoms with Crippen molar-refractivity contribution in [1.29, 1.82) is 0 Å². The summed E-state index contributed by atoms with van der Waals surface area (Å²) in [6, 6.07) is 6.50. The molecule has 1 aliphatic carbocycles. The highest BCUT2D eigenvalue weighted by atomic mass is 16.6. The number of nitrogens with one attached hydrogen (secondary N) is 1. The van der Waals surface area contributed by atoms with Crippen LogP contribution < -0.4 is 5.32 Å². The Labute approximate surface area is 155 Å². The molecular weight excluding hydrogens is 330 g/mol. The lowest BCUT2D eigenvalue weighted by atomic mass is 9.79. The summed E-state index contributed by atoms with van der Waals surface area (Å²) in [5.74, 6) is -0.124. The van der Waals surface area contributed by atoms with Gasteiger partial charge in [0.2, 0.25) is 5.91 Å². The van der Waals surface area contributed by atoms with Gasteiger partial charge in [-0.05, 0) is 38.8 Å². The van der Waals surface area contributed by atoms with Gasteiger partial charge in [-0.15, -0.1) is 0 Å². The number of carbonyl (C=O) groups is 1. The molecule has 1 saturated heterocycles. The molecule has 0 spiro atoms. The summed E-state index contributed by atoms with van der Waals surface area (Å²) in [5.41, 5.74) is 0.577. The molecule has 1 saturated carbocycles. The normalized spacial score (nSPS) is 20.5. The van der Waals surface area contributed by atoms with Crippen molar-refractivity contribution < 1.29 is 9.72 Å². The van der Waals surface area contributed by atoms with E-state index in [1.54, 1.807) is 18.2 Å². The molecule has 1 aromatic rings. The van der Waals surface area contributed by atoms with Gasteiger partial charge in [0.15, 0.2) is 0 Å². The van der Waals surface area contributed by atoms with E-state index in [1.165, 1.54) is 44.6 Å². The van der Waals surface area contributed by atoms with E-state index >= 15 is 0 Å². The molecule has 142 valence electrons. The van der Waals surface area contributed by atoms with Crippen molar-refractivity contribution in [2.75, 3.05) is 19.6 Å². The molecule has 1 aromatic carbocycles. The number of nitrogens with zero attached hydrogens (tertiary/aromatic N) is 2. The Morgan fingerprint density at radius 2 is 1.73 bits per heavy atom. The van der Waals surface area contributed by atoms with Crippen LogP contribution >= 0.6 is 0 Å². The van der Waals surface area contributed by atoms with Gasteiger partial charge >= 0.3 is 0 Å². The molecule has 0 radical (unpaired) electrons. The van der Waals surface area contributed by atoms with Crippen LogP contribution in [0.3, 0.4) is 0 Å². The highest BCUT2D eigenvalue weighted by Crippen LogP contribution is 2.35. The first-order valence-electron chi connectivity index (χ1n) is 9.85. The average molecular weight is 359 g/mol. The summed E-state index contributed by atoms with van der Waals surface area (Å²) in [4.78, 5) is 25.8. The molecule has 2 fully saturated rings. The summed E-state index contributed by atoms with van der Waals surface area (Å²) in [6.45, 7) is 2.91. The van der Waals surface area contributed by atoms with Crippen LogP contribution in [0, 0.1) is 10.1 Å². The van der Waals surface area contributed by atoms with Gasteiger partial charge in [0.1, 0.15) is 0 Å². The second-order valence-corrected chi connectivity index (χ2v) is 7.67. The second kappa shape index (κ2) is 8.62. The third-order valence-corrected chi connectivity index (χ3v) is 5.97. The standard InChI is InChI=1S/C20H29N3O3/c24-19(15-17-9-3-4-10-18(17)23(25)26)21-16-20(11-5-1-6-12-20)22-13-7-2-8-14-22/h3-4,9-10H,1-2,5-8,11-16H2,(H,21,24). The number of hydrogen-bond donors (Lipinski definition) is 1. The lowest BCUT2D eigenvalue weighted by Crippen LogP contribution is -2.58. The molecule has 2 aliphatic rings. The monoisotopic (exact) mass is 359 g/mol. The van der Waals surface area contributed by atoms with E-state index in [1.807, 2.05) is 0 Å². The lowest BCUT2D eigenvalue weighted by Gasteiger charge is -2.48. The fourth-order valence-electron chi connectivity index (χ4n) is 4.52. The Morgan fingerprint density at radius 1 is 1.08 bits per heavy atom. The van der Waals surface area contributed by atoms with Crippen LogP contribution in [0.15, 0.2) is 24.3 Å². The molecule has 0 bridgehead atoms. The zero-order chi connectivity index (χ0) is 18.4. The first kappa shape index (κ1) is 18.8. The quantitative estimate of drug-likeness (QED) is 0.623. The summed E-state index contributed by atoms with van der Waals surface area (Å²) in [5, 5.41) is 14.2. The molecule has 1 aliphatic heterocycles. The predicted octanol–water partition coefficient (Wildman–Crippen LogP) is 3.44. The van der Waals surface area contributed by atoms with Crippen molar-refractivity contribution in [3.8, 4) is 0 Å². The van der Waals surface area contributed by atoms with E-state index in [-0.39, 0.29) is 23.6 Å². The Morgan fingerprint density at radius 3 is 2.42 bits per heavy atom. The average Bonchev–Trinajstić information content (AvgIpc) is 2.68. The number of rotatable bonds is 6. The second-order valence-electron chi connectivity index (χ2n) is 7.67. The molecule has 1 heterocycles. The van der Waals surface area contributed by atoms with E-state index in [2.05, 4.69) is 10.2 Å². The SMILES string of the molecule is O=C(Cc1ccccc1[N+](=O)[O-])NCC1(N2CCCCC2)CCCCC1. The van der Waals surface area contributed by atoms with Gasteiger partial charge < -0.3 is 5.32 Å². The van der Waals surface area contributed by atoms with Crippen molar-refractivity contribution in [3.63, 3.8) is 0 Å². The Balaban J connectivity index is 1.63. The number of carbonyl (C=O) groups excluding carboxylic acids is 1. The van der Waals surface area contributed by atoms with Crippen LogP contribution in [0.2, 0.25) is 0 Å². The lowest BCUT2D eigenvalue weighted by molar-refractivity contribution is -0.385. The van der Waals surface area contributed by atoms with Gasteiger partial charge in [0, 0.05) is 23.7 Å². The van der Waals surface area contributed by atoms with E-state index in [4.69, 9.17) is 0 Å². The van der Waals surface area contributed by atoms with Gasteiger partial charge in [-0.1, -0.05) is 43.9 Å². The molecule has 1 amide bonds. The van der Waals surface area contributed by atoms with Crippen LogP contribution in [0.4, 0.5) is 5.69 Å².